The average Bonchev–Trinajstić information content (AvgIpc) is 3.37. The molecule has 6 nitrogen and oxygen atoms in total. The predicted molar refractivity (Wildman–Crippen MR) is 137 cm³/mol. The Morgan fingerprint density at radius 3 is 2.53 bits per heavy atom. The zero-order chi connectivity index (χ0) is 27.0. The van der Waals surface area contributed by atoms with Crippen LogP contribution in [0.2, 0.25) is 0 Å². The number of carbonyl (C=O) groups excluding carboxylic acids is 1. The van der Waals surface area contributed by atoms with E-state index in [1.165, 1.54) is 29.5 Å². The van der Waals surface area contributed by atoms with Gasteiger partial charge >= 0.3 is 6.18 Å². The third kappa shape index (κ3) is 8.59. The lowest BCUT2D eigenvalue weighted by Gasteiger charge is -2.26. The van der Waals surface area contributed by atoms with E-state index in [2.05, 4.69) is 15.2 Å². The van der Waals surface area contributed by atoms with Crippen LogP contribution >= 0.6 is 11.3 Å². The van der Waals surface area contributed by atoms with E-state index in [1.54, 1.807) is 23.6 Å². The van der Waals surface area contributed by atoms with Gasteiger partial charge in [-0.1, -0.05) is 30.3 Å². The van der Waals surface area contributed by atoms with E-state index in [0.29, 0.717) is 35.9 Å². The zero-order valence-corrected chi connectivity index (χ0v) is 21.7. The minimum atomic E-state index is -4.43. The van der Waals surface area contributed by atoms with Crippen LogP contribution in [0.25, 0.3) is 0 Å². The summed E-state index contributed by atoms with van der Waals surface area (Å²) in [5.74, 6) is -0.615. The van der Waals surface area contributed by atoms with Gasteiger partial charge in [-0.05, 0) is 42.3 Å². The van der Waals surface area contributed by atoms with Crippen molar-refractivity contribution >= 4 is 17.2 Å². The van der Waals surface area contributed by atoms with Crippen LogP contribution in [0.4, 0.5) is 17.6 Å². The molecule has 1 saturated heterocycles. The molecule has 0 unspecified atom stereocenters. The number of hydrogen-bond donors (Lipinski definition) is 1. The quantitative estimate of drug-likeness (QED) is 0.270. The fraction of sp³-hybridized carbons (Fsp3) is 0.407. The summed E-state index contributed by atoms with van der Waals surface area (Å²) in [6.45, 7) is 5.62. The van der Waals surface area contributed by atoms with Gasteiger partial charge in [0.05, 0.1) is 25.3 Å². The minimum Gasteiger partial charge on any atom is -0.379 e. The standard InChI is InChI=1S/C27H30F4N4O2S/c28-23-7-5-20(6-8-23)16-35(17-21-3-1-4-22(15-21)27(29,30)31)18-25-33-24(19-38-25)26(36)32-9-2-10-34-11-13-37-14-12-34/h1,3-8,15,19H,2,9-14,16-18H2,(H,32,36). The number of ether oxygens (including phenoxy) is 1. The summed E-state index contributed by atoms with van der Waals surface area (Å²) in [5.41, 5.74) is 0.917. The molecule has 1 fully saturated rings. The minimum absolute atomic E-state index is 0.226. The lowest BCUT2D eigenvalue weighted by atomic mass is 10.1. The normalized spacial score (nSPS) is 14.7. The van der Waals surface area contributed by atoms with Crippen LogP contribution in [0.15, 0.2) is 53.9 Å². The molecule has 2 heterocycles. The number of rotatable bonds is 11. The molecule has 0 radical (unpaired) electrons. The number of carbonyl (C=O) groups is 1. The van der Waals surface area contributed by atoms with Gasteiger partial charge in [0.1, 0.15) is 16.5 Å². The van der Waals surface area contributed by atoms with Crippen molar-refractivity contribution in [2.75, 3.05) is 39.4 Å². The topological polar surface area (TPSA) is 57.7 Å². The van der Waals surface area contributed by atoms with E-state index in [9.17, 15) is 22.4 Å². The van der Waals surface area contributed by atoms with Gasteiger partial charge in [0.15, 0.2) is 0 Å². The van der Waals surface area contributed by atoms with Crippen LogP contribution in [-0.2, 0) is 30.5 Å². The summed E-state index contributed by atoms with van der Waals surface area (Å²) < 4.78 is 58.4. The Labute approximate surface area is 223 Å². The van der Waals surface area contributed by atoms with Gasteiger partial charge in [-0.3, -0.25) is 14.6 Å². The van der Waals surface area contributed by atoms with Crippen molar-refractivity contribution in [3.8, 4) is 0 Å². The van der Waals surface area contributed by atoms with Crippen LogP contribution in [0, 0.1) is 5.82 Å². The maximum absolute atomic E-state index is 13.4. The van der Waals surface area contributed by atoms with Crippen molar-refractivity contribution in [1.29, 1.82) is 0 Å². The van der Waals surface area contributed by atoms with Crippen LogP contribution in [0.1, 0.15) is 38.6 Å². The van der Waals surface area contributed by atoms with Crippen molar-refractivity contribution in [1.82, 2.24) is 20.1 Å². The van der Waals surface area contributed by atoms with Gasteiger partial charge in [-0.15, -0.1) is 11.3 Å². The SMILES string of the molecule is O=C(NCCCN1CCOCC1)c1csc(CN(Cc2ccc(F)cc2)Cc2cccc(C(F)(F)F)c2)n1. The third-order valence-electron chi connectivity index (χ3n) is 6.16. The molecule has 11 heteroatoms. The number of amides is 1. The average molecular weight is 551 g/mol. The summed E-state index contributed by atoms with van der Waals surface area (Å²) in [7, 11) is 0. The maximum atomic E-state index is 13.4. The summed E-state index contributed by atoms with van der Waals surface area (Å²) in [6, 6.07) is 11.2. The highest BCUT2D eigenvalue weighted by molar-refractivity contribution is 7.09. The summed E-state index contributed by atoms with van der Waals surface area (Å²) in [5, 5.41) is 5.25. The van der Waals surface area contributed by atoms with Gasteiger partial charge in [0.2, 0.25) is 0 Å². The number of alkyl halides is 3. The number of halogens is 4. The summed E-state index contributed by atoms with van der Waals surface area (Å²) in [4.78, 5) is 21.3. The van der Waals surface area contributed by atoms with E-state index in [-0.39, 0.29) is 18.3 Å². The highest BCUT2D eigenvalue weighted by Gasteiger charge is 2.30. The number of thiazole rings is 1. The highest BCUT2D eigenvalue weighted by Crippen LogP contribution is 2.30. The molecule has 0 atom stereocenters. The summed E-state index contributed by atoms with van der Waals surface area (Å²) in [6.07, 6.45) is -3.61. The molecule has 0 bridgehead atoms. The zero-order valence-electron chi connectivity index (χ0n) is 20.8. The molecule has 0 spiro atoms. The Bertz CT molecular complexity index is 1180. The van der Waals surface area contributed by atoms with E-state index in [0.717, 1.165) is 57.0 Å². The largest absolute Gasteiger partial charge is 0.416 e. The van der Waals surface area contributed by atoms with E-state index in [4.69, 9.17) is 4.74 Å². The molecular formula is C27H30F4N4O2S. The molecule has 204 valence electrons. The first-order chi connectivity index (χ1) is 18.3. The number of benzene rings is 2. The van der Waals surface area contributed by atoms with Crippen LogP contribution in [0.3, 0.4) is 0 Å². The van der Waals surface area contributed by atoms with E-state index >= 15 is 0 Å². The van der Waals surface area contributed by atoms with Crippen LogP contribution in [-0.4, -0.2) is 60.1 Å². The van der Waals surface area contributed by atoms with Crippen molar-refractivity contribution in [3.63, 3.8) is 0 Å². The molecular weight excluding hydrogens is 520 g/mol. The molecule has 4 rings (SSSR count). The summed E-state index contributed by atoms with van der Waals surface area (Å²) >= 11 is 1.32. The smallest absolute Gasteiger partial charge is 0.379 e. The number of hydrogen-bond acceptors (Lipinski definition) is 6. The van der Waals surface area contributed by atoms with Gasteiger partial charge in [0, 0.05) is 38.1 Å². The second-order valence-electron chi connectivity index (χ2n) is 9.16. The number of nitrogens with one attached hydrogen (secondary N) is 1. The second kappa shape index (κ2) is 13.3. The monoisotopic (exact) mass is 550 g/mol. The fourth-order valence-corrected chi connectivity index (χ4v) is 5.03. The Morgan fingerprint density at radius 1 is 1.05 bits per heavy atom. The molecule has 1 N–H and O–H groups in total. The first-order valence-corrected chi connectivity index (χ1v) is 13.3. The highest BCUT2D eigenvalue weighted by atomic mass is 32.1. The molecule has 38 heavy (non-hydrogen) atoms. The number of nitrogens with zero attached hydrogens (tertiary/aromatic N) is 3. The number of aromatic nitrogens is 1. The molecule has 1 aromatic heterocycles. The molecule has 0 saturated carbocycles. The van der Waals surface area contributed by atoms with Gasteiger partial charge in [0.25, 0.3) is 5.91 Å². The van der Waals surface area contributed by atoms with Crippen molar-refractivity contribution in [2.24, 2.45) is 0 Å². The van der Waals surface area contributed by atoms with E-state index < -0.39 is 11.7 Å². The number of morpholine rings is 1. The van der Waals surface area contributed by atoms with Crippen molar-refractivity contribution < 1.29 is 27.1 Å². The molecule has 3 aromatic rings. The molecule has 1 amide bonds. The molecule has 1 aliphatic heterocycles. The van der Waals surface area contributed by atoms with Gasteiger partial charge < -0.3 is 10.1 Å². The maximum Gasteiger partial charge on any atom is 0.416 e. The second-order valence-corrected chi connectivity index (χ2v) is 10.1. The van der Waals surface area contributed by atoms with Crippen molar-refractivity contribution in [2.45, 2.75) is 32.2 Å². The first kappa shape index (κ1) is 28.2. The molecule has 1 aliphatic rings. The lowest BCUT2D eigenvalue weighted by Crippen LogP contribution is -2.38. The van der Waals surface area contributed by atoms with Gasteiger partial charge in [-0.25, -0.2) is 9.37 Å². The fourth-order valence-electron chi connectivity index (χ4n) is 4.22. The van der Waals surface area contributed by atoms with Crippen LogP contribution < -0.4 is 5.32 Å². The van der Waals surface area contributed by atoms with Crippen LogP contribution in [0.5, 0.6) is 0 Å². The lowest BCUT2D eigenvalue weighted by molar-refractivity contribution is -0.137. The van der Waals surface area contributed by atoms with Gasteiger partial charge in [-0.2, -0.15) is 13.2 Å². The van der Waals surface area contributed by atoms with Crippen molar-refractivity contribution in [3.05, 3.63) is 87.1 Å². The van der Waals surface area contributed by atoms with E-state index in [1.807, 2.05) is 4.90 Å². The predicted octanol–water partition coefficient (Wildman–Crippen LogP) is 4.96. The third-order valence-corrected chi connectivity index (χ3v) is 7.00. The Balaban J connectivity index is 1.37. The molecule has 0 aliphatic carbocycles. The Hall–Kier alpha value is -2.86. The molecule has 2 aromatic carbocycles. The Kier molecular flexibility index (Phi) is 9.84. The Morgan fingerprint density at radius 2 is 1.79 bits per heavy atom. The first-order valence-electron chi connectivity index (χ1n) is 12.4.